The van der Waals surface area contributed by atoms with Gasteiger partial charge in [0.1, 0.15) is 0 Å². The molecule has 1 aliphatic rings. The maximum atomic E-state index is 5.34. The molecule has 5 atom stereocenters. The van der Waals surface area contributed by atoms with E-state index in [9.17, 15) is 0 Å². The molecule has 1 rings (SSSR count). The molecule has 3 heteroatoms. The summed E-state index contributed by atoms with van der Waals surface area (Å²) in [5.41, 5.74) is 0. The van der Waals surface area contributed by atoms with Crippen molar-refractivity contribution >= 4 is 0 Å². The summed E-state index contributed by atoms with van der Waals surface area (Å²) in [4.78, 5) is 2.59. The molecule has 0 heterocycles. The number of ether oxygens (including phenoxy) is 1. The van der Waals surface area contributed by atoms with Crippen molar-refractivity contribution < 1.29 is 4.74 Å². The molecule has 1 N–H and O–H groups in total. The van der Waals surface area contributed by atoms with Crippen molar-refractivity contribution in [3.63, 3.8) is 0 Å². The Hall–Kier alpha value is -0.120. The average Bonchev–Trinajstić information content (AvgIpc) is 2.38. The number of nitrogens with zero attached hydrogens (tertiary/aromatic N) is 1. The minimum absolute atomic E-state index is 0.513. The van der Waals surface area contributed by atoms with Crippen molar-refractivity contribution in [3.8, 4) is 0 Å². The number of hydrogen-bond donors (Lipinski definition) is 1. The highest BCUT2D eigenvalue weighted by Crippen LogP contribution is 2.34. The van der Waals surface area contributed by atoms with E-state index in [1.807, 2.05) is 0 Å². The number of likely N-dealkylation sites (N-methyl/N-ethyl adjacent to an activating group) is 1. The SMILES string of the molecule is CCNC1CC(C)CC(C)C1CN(CC)C(C)COC. The standard InChI is InChI=1S/C17H36N2O/c1-7-18-17-10-13(3)9-14(4)16(17)11-19(8-2)15(5)12-20-6/h13-18H,7-12H2,1-6H3. The third-order valence-corrected chi connectivity index (χ3v) is 5.03. The van der Waals surface area contributed by atoms with Gasteiger partial charge in [-0.05, 0) is 50.6 Å². The fraction of sp³-hybridized carbons (Fsp3) is 1.00. The lowest BCUT2D eigenvalue weighted by Gasteiger charge is -2.43. The second-order valence-corrected chi connectivity index (χ2v) is 6.77. The van der Waals surface area contributed by atoms with Gasteiger partial charge in [0.25, 0.3) is 0 Å². The minimum atomic E-state index is 0.513. The Morgan fingerprint density at radius 2 is 1.95 bits per heavy atom. The Morgan fingerprint density at radius 3 is 2.50 bits per heavy atom. The first-order chi connectivity index (χ1) is 9.53. The topological polar surface area (TPSA) is 24.5 Å². The van der Waals surface area contributed by atoms with Crippen LogP contribution in [0, 0.1) is 17.8 Å². The normalized spacial score (nSPS) is 32.5. The summed E-state index contributed by atoms with van der Waals surface area (Å²) in [6.07, 6.45) is 2.71. The Balaban J connectivity index is 2.68. The lowest BCUT2D eigenvalue weighted by molar-refractivity contribution is 0.0557. The van der Waals surface area contributed by atoms with Gasteiger partial charge in [-0.25, -0.2) is 0 Å². The van der Waals surface area contributed by atoms with Crippen LogP contribution in [-0.2, 0) is 4.74 Å². The zero-order valence-electron chi connectivity index (χ0n) is 14.5. The lowest BCUT2D eigenvalue weighted by atomic mass is 9.72. The first-order valence-corrected chi connectivity index (χ1v) is 8.49. The molecule has 0 saturated heterocycles. The molecule has 1 saturated carbocycles. The fourth-order valence-electron chi connectivity index (χ4n) is 3.95. The maximum Gasteiger partial charge on any atom is 0.0615 e. The van der Waals surface area contributed by atoms with E-state index >= 15 is 0 Å². The van der Waals surface area contributed by atoms with Crippen molar-refractivity contribution in [2.75, 3.05) is 33.4 Å². The van der Waals surface area contributed by atoms with Crippen molar-refractivity contribution in [2.45, 2.75) is 59.5 Å². The summed E-state index contributed by atoms with van der Waals surface area (Å²) in [5, 5.41) is 3.74. The van der Waals surface area contributed by atoms with Gasteiger partial charge < -0.3 is 10.1 Å². The number of hydrogen-bond acceptors (Lipinski definition) is 3. The van der Waals surface area contributed by atoms with Crippen molar-refractivity contribution in [1.82, 2.24) is 10.2 Å². The maximum absolute atomic E-state index is 5.34. The van der Waals surface area contributed by atoms with Gasteiger partial charge in [0.15, 0.2) is 0 Å². The van der Waals surface area contributed by atoms with Crippen LogP contribution < -0.4 is 5.32 Å². The molecule has 20 heavy (non-hydrogen) atoms. The zero-order valence-corrected chi connectivity index (χ0v) is 14.5. The Bertz CT molecular complexity index is 259. The van der Waals surface area contributed by atoms with Gasteiger partial charge in [0, 0.05) is 25.7 Å². The summed E-state index contributed by atoms with van der Waals surface area (Å²) in [6.45, 7) is 15.9. The molecule has 0 amide bonds. The van der Waals surface area contributed by atoms with Crippen LogP contribution in [-0.4, -0.2) is 50.3 Å². The van der Waals surface area contributed by atoms with Gasteiger partial charge in [-0.2, -0.15) is 0 Å². The van der Waals surface area contributed by atoms with Crippen LogP contribution in [0.4, 0.5) is 0 Å². The van der Waals surface area contributed by atoms with E-state index in [1.165, 1.54) is 19.4 Å². The van der Waals surface area contributed by atoms with Gasteiger partial charge in [-0.3, -0.25) is 4.90 Å². The quantitative estimate of drug-likeness (QED) is 0.741. The monoisotopic (exact) mass is 284 g/mol. The van der Waals surface area contributed by atoms with E-state index in [2.05, 4.69) is 44.8 Å². The molecule has 0 aromatic rings. The highest BCUT2D eigenvalue weighted by molar-refractivity contribution is 4.89. The van der Waals surface area contributed by atoms with Crippen LogP contribution in [0.25, 0.3) is 0 Å². The zero-order chi connectivity index (χ0) is 15.1. The predicted octanol–water partition coefficient (Wildman–Crippen LogP) is 3.00. The van der Waals surface area contributed by atoms with E-state index in [4.69, 9.17) is 4.74 Å². The molecule has 0 radical (unpaired) electrons. The van der Waals surface area contributed by atoms with Crippen LogP contribution in [0.2, 0.25) is 0 Å². The molecule has 3 nitrogen and oxygen atoms in total. The molecule has 1 fully saturated rings. The van der Waals surface area contributed by atoms with E-state index in [1.54, 1.807) is 7.11 Å². The van der Waals surface area contributed by atoms with Gasteiger partial charge in [-0.1, -0.05) is 27.7 Å². The van der Waals surface area contributed by atoms with Crippen LogP contribution in [0.5, 0.6) is 0 Å². The lowest BCUT2D eigenvalue weighted by Crippen LogP contribution is -2.51. The highest BCUT2D eigenvalue weighted by Gasteiger charge is 2.34. The van der Waals surface area contributed by atoms with E-state index < -0.39 is 0 Å². The van der Waals surface area contributed by atoms with E-state index in [-0.39, 0.29) is 0 Å². The van der Waals surface area contributed by atoms with E-state index in [0.29, 0.717) is 12.1 Å². The second-order valence-electron chi connectivity index (χ2n) is 6.77. The molecule has 0 bridgehead atoms. The fourth-order valence-corrected chi connectivity index (χ4v) is 3.95. The van der Waals surface area contributed by atoms with Crippen molar-refractivity contribution in [2.24, 2.45) is 17.8 Å². The van der Waals surface area contributed by atoms with Gasteiger partial charge in [-0.15, -0.1) is 0 Å². The number of nitrogens with one attached hydrogen (secondary N) is 1. The molecule has 5 unspecified atom stereocenters. The Labute approximate surface area is 126 Å². The Morgan fingerprint density at radius 1 is 1.25 bits per heavy atom. The third kappa shape index (κ3) is 5.01. The largest absolute Gasteiger partial charge is 0.383 e. The van der Waals surface area contributed by atoms with Crippen LogP contribution in [0.15, 0.2) is 0 Å². The Kier molecular flexibility index (Phi) is 8.08. The van der Waals surface area contributed by atoms with Gasteiger partial charge in [0.05, 0.1) is 6.61 Å². The van der Waals surface area contributed by atoms with Crippen LogP contribution in [0.1, 0.15) is 47.5 Å². The smallest absolute Gasteiger partial charge is 0.0615 e. The first-order valence-electron chi connectivity index (χ1n) is 8.49. The number of rotatable bonds is 8. The molecular weight excluding hydrogens is 248 g/mol. The summed E-state index contributed by atoms with van der Waals surface area (Å²) in [5.74, 6) is 2.44. The van der Waals surface area contributed by atoms with Crippen molar-refractivity contribution in [3.05, 3.63) is 0 Å². The minimum Gasteiger partial charge on any atom is -0.383 e. The first kappa shape index (κ1) is 17.9. The summed E-state index contributed by atoms with van der Waals surface area (Å²) >= 11 is 0. The third-order valence-electron chi connectivity index (χ3n) is 5.03. The average molecular weight is 284 g/mol. The summed E-state index contributed by atoms with van der Waals surface area (Å²) in [7, 11) is 1.80. The molecule has 0 spiro atoms. The van der Waals surface area contributed by atoms with E-state index in [0.717, 1.165) is 37.5 Å². The second kappa shape index (κ2) is 9.01. The molecule has 0 aromatic carbocycles. The molecule has 120 valence electrons. The van der Waals surface area contributed by atoms with Crippen LogP contribution >= 0.6 is 0 Å². The van der Waals surface area contributed by atoms with Gasteiger partial charge >= 0.3 is 0 Å². The van der Waals surface area contributed by atoms with Crippen LogP contribution in [0.3, 0.4) is 0 Å². The molecule has 0 aliphatic heterocycles. The molecule has 1 aliphatic carbocycles. The summed E-state index contributed by atoms with van der Waals surface area (Å²) < 4.78 is 5.34. The van der Waals surface area contributed by atoms with Crippen molar-refractivity contribution in [1.29, 1.82) is 0 Å². The molecule has 0 aromatic heterocycles. The molecular formula is C17H36N2O. The summed E-state index contributed by atoms with van der Waals surface area (Å²) in [6, 6.07) is 1.20. The van der Waals surface area contributed by atoms with Gasteiger partial charge in [0.2, 0.25) is 0 Å². The number of methoxy groups -OCH3 is 1. The predicted molar refractivity (Wildman–Crippen MR) is 87.1 cm³/mol. The highest BCUT2D eigenvalue weighted by atomic mass is 16.5.